The maximum atomic E-state index is 11.9. The predicted octanol–water partition coefficient (Wildman–Crippen LogP) is 2.51. The summed E-state index contributed by atoms with van der Waals surface area (Å²) in [5, 5.41) is 3.67. The molecule has 1 aromatic carbocycles. The van der Waals surface area contributed by atoms with E-state index >= 15 is 0 Å². The van der Waals surface area contributed by atoms with Crippen molar-refractivity contribution in [2.75, 3.05) is 24.7 Å². The van der Waals surface area contributed by atoms with Crippen LogP contribution >= 0.6 is 0 Å². The zero-order valence-electron chi connectivity index (χ0n) is 12.6. The first kappa shape index (κ1) is 16.2. The van der Waals surface area contributed by atoms with Crippen molar-refractivity contribution in [3.05, 3.63) is 24.4 Å². The largest absolute Gasteiger partial charge is 0.493 e. The molecule has 1 N–H and O–H groups in total. The molecule has 2 rings (SSSR count). The van der Waals surface area contributed by atoms with Crippen LogP contribution in [0.4, 0.5) is 5.88 Å². The molecule has 22 heavy (non-hydrogen) atoms. The van der Waals surface area contributed by atoms with Crippen LogP contribution in [0.15, 0.2) is 28.9 Å². The van der Waals surface area contributed by atoms with E-state index < -0.39 is 10.0 Å². The van der Waals surface area contributed by atoms with Crippen molar-refractivity contribution >= 4 is 15.9 Å². The van der Waals surface area contributed by atoms with Crippen molar-refractivity contribution in [1.82, 2.24) is 5.16 Å². The Labute approximate surface area is 129 Å². The number of nitrogens with zero attached hydrogens (tertiary/aromatic N) is 1. The number of rotatable bonds is 7. The normalized spacial score (nSPS) is 11.2. The summed E-state index contributed by atoms with van der Waals surface area (Å²) in [6.45, 7) is 1.79. The lowest BCUT2D eigenvalue weighted by molar-refractivity contribution is 0.355. The average molecular weight is 326 g/mol. The minimum absolute atomic E-state index is 0.0130. The van der Waals surface area contributed by atoms with Gasteiger partial charge in [-0.1, -0.05) is 18.1 Å². The highest BCUT2D eigenvalue weighted by atomic mass is 32.2. The molecule has 120 valence electrons. The number of nitrogens with one attached hydrogen (secondary N) is 1. The van der Waals surface area contributed by atoms with Gasteiger partial charge in [-0.05, 0) is 24.1 Å². The maximum Gasteiger partial charge on any atom is 0.245 e. The van der Waals surface area contributed by atoms with Crippen LogP contribution in [0.25, 0.3) is 11.1 Å². The van der Waals surface area contributed by atoms with Crippen LogP contribution in [0.1, 0.15) is 13.3 Å². The van der Waals surface area contributed by atoms with Crippen molar-refractivity contribution in [2.45, 2.75) is 13.3 Å². The Hall–Kier alpha value is -2.22. The highest BCUT2D eigenvalue weighted by Crippen LogP contribution is 2.35. The fourth-order valence-corrected chi connectivity index (χ4v) is 3.05. The third-order valence-electron chi connectivity index (χ3n) is 2.99. The molecular weight excluding hydrogens is 308 g/mol. The lowest BCUT2D eigenvalue weighted by Crippen LogP contribution is -2.16. The number of sulfonamides is 1. The Balaban J connectivity index is 2.37. The number of benzene rings is 1. The van der Waals surface area contributed by atoms with Crippen molar-refractivity contribution in [2.24, 2.45) is 0 Å². The minimum Gasteiger partial charge on any atom is -0.493 e. The first-order valence-corrected chi connectivity index (χ1v) is 8.33. The molecule has 1 heterocycles. The molecule has 0 spiro atoms. The molecule has 0 amide bonds. The van der Waals surface area contributed by atoms with Gasteiger partial charge in [-0.3, -0.25) is 4.72 Å². The second-order valence-corrected chi connectivity index (χ2v) is 6.40. The van der Waals surface area contributed by atoms with Gasteiger partial charge in [0, 0.05) is 0 Å². The molecule has 2 aromatic rings. The Morgan fingerprint density at radius 1 is 1.23 bits per heavy atom. The van der Waals surface area contributed by atoms with Gasteiger partial charge in [0.1, 0.15) is 0 Å². The van der Waals surface area contributed by atoms with E-state index in [4.69, 9.17) is 14.0 Å². The molecule has 0 aliphatic heterocycles. The second-order valence-electron chi connectivity index (χ2n) is 4.56. The van der Waals surface area contributed by atoms with Crippen LogP contribution in [0.2, 0.25) is 0 Å². The van der Waals surface area contributed by atoms with E-state index in [0.717, 1.165) is 0 Å². The molecule has 1 aromatic heterocycles. The molecule has 0 saturated carbocycles. The van der Waals surface area contributed by atoms with Crippen LogP contribution in [0.5, 0.6) is 11.5 Å². The van der Waals surface area contributed by atoms with E-state index in [2.05, 4.69) is 9.88 Å². The summed E-state index contributed by atoms with van der Waals surface area (Å²) in [6, 6.07) is 5.22. The molecule has 0 aliphatic rings. The van der Waals surface area contributed by atoms with E-state index in [1.54, 1.807) is 32.2 Å². The van der Waals surface area contributed by atoms with E-state index in [9.17, 15) is 8.42 Å². The fraction of sp³-hybridized carbons (Fsp3) is 0.357. The van der Waals surface area contributed by atoms with Crippen molar-refractivity contribution in [3.63, 3.8) is 0 Å². The first-order chi connectivity index (χ1) is 10.5. The van der Waals surface area contributed by atoms with Crippen molar-refractivity contribution in [3.8, 4) is 22.6 Å². The summed E-state index contributed by atoms with van der Waals surface area (Å²) < 4.78 is 41.6. The zero-order valence-corrected chi connectivity index (χ0v) is 13.4. The fourth-order valence-electron chi connectivity index (χ4n) is 1.98. The third kappa shape index (κ3) is 3.51. The summed E-state index contributed by atoms with van der Waals surface area (Å²) in [5.41, 5.74) is 1.23. The summed E-state index contributed by atoms with van der Waals surface area (Å²) in [6.07, 6.45) is 1.96. The van der Waals surface area contributed by atoms with E-state index in [-0.39, 0.29) is 11.6 Å². The van der Waals surface area contributed by atoms with Gasteiger partial charge in [0.25, 0.3) is 0 Å². The van der Waals surface area contributed by atoms with Crippen LogP contribution in [0.3, 0.4) is 0 Å². The van der Waals surface area contributed by atoms with Gasteiger partial charge in [-0.25, -0.2) is 8.42 Å². The SMILES string of the molecule is CCCS(=O)(=O)Nc1oncc1-c1ccc(OC)c(OC)c1. The van der Waals surface area contributed by atoms with Crippen LogP contribution in [-0.2, 0) is 10.0 Å². The summed E-state index contributed by atoms with van der Waals surface area (Å²) in [5.74, 6) is 1.21. The molecule has 7 nitrogen and oxygen atoms in total. The van der Waals surface area contributed by atoms with Gasteiger partial charge >= 0.3 is 0 Å². The minimum atomic E-state index is -3.45. The summed E-state index contributed by atoms with van der Waals surface area (Å²) in [7, 11) is -0.383. The molecule has 8 heteroatoms. The summed E-state index contributed by atoms with van der Waals surface area (Å²) >= 11 is 0. The molecule has 0 unspecified atom stereocenters. The zero-order chi connectivity index (χ0) is 16.2. The van der Waals surface area contributed by atoms with Crippen molar-refractivity contribution < 1.29 is 22.4 Å². The molecular formula is C14H18N2O5S. The molecule has 0 saturated heterocycles. The van der Waals surface area contributed by atoms with Crippen LogP contribution in [0, 0.1) is 0 Å². The predicted molar refractivity (Wildman–Crippen MR) is 82.7 cm³/mol. The number of aromatic nitrogens is 1. The highest BCUT2D eigenvalue weighted by Gasteiger charge is 2.18. The highest BCUT2D eigenvalue weighted by molar-refractivity contribution is 7.92. The standard InChI is InChI=1S/C14H18N2O5S/c1-4-7-22(17,18)16-14-11(9-15-21-14)10-5-6-12(19-2)13(8-10)20-3/h5-6,8-9,16H,4,7H2,1-3H3. The average Bonchev–Trinajstić information content (AvgIpc) is 2.93. The number of hydrogen-bond acceptors (Lipinski definition) is 6. The molecule has 0 atom stereocenters. The van der Waals surface area contributed by atoms with E-state index in [1.807, 2.05) is 0 Å². The van der Waals surface area contributed by atoms with Gasteiger partial charge in [0.15, 0.2) is 11.5 Å². The monoisotopic (exact) mass is 326 g/mol. The molecule has 0 bridgehead atoms. The molecule has 0 radical (unpaired) electrons. The first-order valence-electron chi connectivity index (χ1n) is 6.68. The molecule has 0 fully saturated rings. The molecule has 0 aliphatic carbocycles. The van der Waals surface area contributed by atoms with Crippen LogP contribution in [-0.4, -0.2) is 33.5 Å². The number of anilines is 1. The topological polar surface area (TPSA) is 90.7 Å². The van der Waals surface area contributed by atoms with E-state index in [1.165, 1.54) is 13.3 Å². The number of hydrogen-bond donors (Lipinski definition) is 1. The van der Waals surface area contributed by atoms with Crippen LogP contribution < -0.4 is 14.2 Å². The Morgan fingerprint density at radius 3 is 2.59 bits per heavy atom. The third-order valence-corrected chi connectivity index (χ3v) is 4.43. The van der Waals surface area contributed by atoms with Gasteiger partial charge < -0.3 is 14.0 Å². The van der Waals surface area contributed by atoms with Crippen molar-refractivity contribution in [1.29, 1.82) is 0 Å². The van der Waals surface area contributed by atoms with Gasteiger partial charge in [0.05, 0.1) is 31.7 Å². The number of methoxy groups -OCH3 is 2. The van der Waals surface area contributed by atoms with Gasteiger partial charge in [0.2, 0.25) is 15.9 Å². The summed E-state index contributed by atoms with van der Waals surface area (Å²) in [4.78, 5) is 0. The number of ether oxygens (including phenoxy) is 2. The Bertz CT molecular complexity index is 739. The smallest absolute Gasteiger partial charge is 0.245 e. The lowest BCUT2D eigenvalue weighted by Gasteiger charge is -2.10. The van der Waals surface area contributed by atoms with Gasteiger partial charge in [-0.2, -0.15) is 0 Å². The maximum absolute atomic E-state index is 11.9. The second kappa shape index (κ2) is 6.69. The van der Waals surface area contributed by atoms with E-state index in [0.29, 0.717) is 29.0 Å². The van der Waals surface area contributed by atoms with Gasteiger partial charge in [-0.15, -0.1) is 0 Å². The Morgan fingerprint density at radius 2 is 1.95 bits per heavy atom. The lowest BCUT2D eigenvalue weighted by atomic mass is 10.1. The Kier molecular flexibility index (Phi) is 4.92. The quantitative estimate of drug-likeness (QED) is 0.840.